The topological polar surface area (TPSA) is 133 Å². The number of amides is 5. The van der Waals surface area contributed by atoms with Gasteiger partial charge in [-0.05, 0) is 57.8 Å². The van der Waals surface area contributed by atoms with Crippen LogP contribution in [0.5, 0.6) is 0 Å². The molecule has 11 heteroatoms. The highest BCUT2D eigenvalue weighted by molar-refractivity contribution is 6.23. The number of carbonyl (C=O) groups excluding carboxylic acids is 6. The van der Waals surface area contributed by atoms with Gasteiger partial charge in [-0.15, -0.1) is 0 Å². The minimum absolute atomic E-state index is 0.00501. The van der Waals surface area contributed by atoms with Crippen molar-refractivity contribution in [3.05, 3.63) is 35.4 Å². The van der Waals surface area contributed by atoms with Crippen LogP contribution in [0.3, 0.4) is 0 Å². The highest BCUT2D eigenvalue weighted by atomic mass is 16.5. The van der Waals surface area contributed by atoms with Gasteiger partial charge in [-0.1, -0.05) is 19.1 Å². The normalized spacial score (nSPS) is 22.0. The summed E-state index contributed by atoms with van der Waals surface area (Å²) in [7, 11) is 0. The number of likely N-dealkylation sites (tertiary alicyclic amines) is 2. The monoisotopic (exact) mass is 498 g/mol. The van der Waals surface area contributed by atoms with Gasteiger partial charge in [0.05, 0.1) is 17.2 Å². The Morgan fingerprint density at radius 3 is 2.25 bits per heavy atom. The molecule has 1 N–H and O–H groups in total. The number of nitrogens with zero attached hydrogens (tertiary/aromatic N) is 3. The van der Waals surface area contributed by atoms with Crippen molar-refractivity contribution in [2.45, 2.75) is 64.1 Å². The molecular weight excluding hydrogens is 468 g/mol. The van der Waals surface area contributed by atoms with E-state index in [0.717, 1.165) is 35.7 Å². The number of carbonyl (C=O) groups is 6. The van der Waals surface area contributed by atoms with Crippen molar-refractivity contribution in [3.8, 4) is 0 Å². The first-order chi connectivity index (χ1) is 17.2. The zero-order valence-electron chi connectivity index (χ0n) is 20.4. The molecule has 36 heavy (non-hydrogen) atoms. The summed E-state index contributed by atoms with van der Waals surface area (Å²) in [5.41, 5.74) is 0.406. The number of esters is 1. The molecule has 0 spiro atoms. The van der Waals surface area contributed by atoms with E-state index in [9.17, 15) is 28.8 Å². The van der Waals surface area contributed by atoms with Gasteiger partial charge in [-0.3, -0.25) is 33.8 Å². The first-order valence-electron chi connectivity index (χ1n) is 12.3. The van der Waals surface area contributed by atoms with Gasteiger partial charge in [0.15, 0.2) is 6.73 Å². The predicted molar refractivity (Wildman–Crippen MR) is 125 cm³/mol. The molecule has 1 aromatic carbocycles. The lowest BCUT2D eigenvalue weighted by molar-refractivity contribution is -0.165. The number of rotatable bonds is 8. The molecule has 5 amide bonds. The maximum Gasteiger partial charge on any atom is 0.330 e. The summed E-state index contributed by atoms with van der Waals surface area (Å²) < 4.78 is 5.18. The SMILES string of the molecule is CCC(C(=O)N[C@@H](C)C(=O)OCN1C(=O)CC[C@H](N2C(=O)c3ccccc3C2=O)C1=O)N1CCCC1. The second-order valence-electron chi connectivity index (χ2n) is 9.23. The molecule has 2 saturated heterocycles. The third-order valence-corrected chi connectivity index (χ3v) is 6.94. The highest BCUT2D eigenvalue weighted by Gasteiger charge is 2.47. The van der Waals surface area contributed by atoms with Gasteiger partial charge in [0.2, 0.25) is 11.8 Å². The second kappa shape index (κ2) is 10.6. The standard InChI is InChI=1S/C25H30N4O7/c1-3-18(27-12-6-7-13-27)21(31)26-15(2)25(35)36-14-28-20(30)11-10-19(24(28)34)29-22(32)16-8-4-5-9-17(16)23(29)33/h4-5,8-9,15,18-19H,3,6-7,10-14H2,1-2H3,(H,26,31)/t15-,18?,19-/m0/s1. The van der Waals surface area contributed by atoms with Crippen LogP contribution >= 0.6 is 0 Å². The Bertz CT molecular complexity index is 1060. The van der Waals surface area contributed by atoms with Crippen LogP contribution in [0.4, 0.5) is 0 Å². The molecule has 0 saturated carbocycles. The zero-order chi connectivity index (χ0) is 26.0. The molecule has 3 atom stereocenters. The number of hydrogen-bond donors (Lipinski definition) is 1. The molecule has 0 aromatic heterocycles. The predicted octanol–water partition coefficient (Wildman–Crippen LogP) is 0.680. The zero-order valence-corrected chi connectivity index (χ0v) is 20.4. The average Bonchev–Trinajstić information content (AvgIpc) is 3.47. The Kier molecular flexibility index (Phi) is 7.48. The van der Waals surface area contributed by atoms with E-state index < -0.39 is 48.4 Å². The molecule has 0 bridgehead atoms. The lowest BCUT2D eigenvalue weighted by Gasteiger charge is -2.34. The first-order valence-corrected chi connectivity index (χ1v) is 12.3. The molecule has 1 unspecified atom stereocenters. The van der Waals surface area contributed by atoms with Crippen LogP contribution in [0.2, 0.25) is 0 Å². The summed E-state index contributed by atoms with van der Waals surface area (Å²) in [6.07, 6.45) is 2.56. The van der Waals surface area contributed by atoms with E-state index in [1.165, 1.54) is 19.1 Å². The highest BCUT2D eigenvalue weighted by Crippen LogP contribution is 2.29. The smallest absolute Gasteiger partial charge is 0.330 e. The van der Waals surface area contributed by atoms with Crippen LogP contribution in [-0.4, -0.2) is 88.2 Å². The van der Waals surface area contributed by atoms with Gasteiger partial charge in [-0.2, -0.15) is 0 Å². The van der Waals surface area contributed by atoms with Crippen molar-refractivity contribution in [2.24, 2.45) is 0 Å². The lowest BCUT2D eigenvalue weighted by Crippen LogP contribution is -2.57. The summed E-state index contributed by atoms with van der Waals surface area (Å²) in [4.78, 5) is 80.0. The van der Waals surface area contributed by atoms with Crippen LogP contribution in [0.15, 0.2) is 24.3 Å². The number of piperidine rings is 1. The maximum absolute atomic E-state index is 13.1. The minimum atomic E-state index is -1.17. The Balaban J connectivity index is 1.36. The molecule has 2 fully saturated rings. The van der Waals surface area contributed by atoms with Crippen LogP contribution in [0, 0.1) is 0 Å². The molecule has 0 aliphatic carbocycles. The van der Waals surface area contributed by atoms with E-state index >= 15 is 0 Å². The van der Waals surface area contributed by atoms with Gasteiger partial charge in [0.1, 0.15) is 12.1 Å². The van der Waals surface area contributed by atoms with Gasteiger partial charge >= 0.3 is 5.97 Å². The van der Waals surface area contributed by atoms with E-state index in [1.807, 2.05) is 6.92 Å². The van der Waals surface area contributed by atoms with Crippen LogP contribution in [0.1, 0.15) is 66.7 Å². The molecule has 1 aromatic rings. The number of imide groups is 2. The number of fused-ring (bicyclic) bond motifs is 1. The molecule has 192 valence electrons. The maximum atomic E-state index is 13.1. The van der Waals surface area contributed by atoms with E-state index in [1.54, 1.807) is 12.1 Å². The second-order valence-corrected chi connectivity index (χ2v) is 9.23. The molecule has 0 radical (unpaired) electrons. The van der Waals surface area contributed by atoms with Gasteiger partial charge in [0.25, 0.3) is 17.7 Å². The largest absolute Gasteiger partial charge is 0.442 e. The Hall–Kier alpha value is -3.60. The Morgan fingerprint density at radius 2 is 1.67 bits per heavy atom. The molecule has 3 aliphatic rings. The lowest BCUT2D eigenvalue weighted by atomic mass is 10.0. The Labute approximate surface area is 208 Å². The third kappa shape index (κ3) is 4.75. The first kappa shape index (κ1) is 25.5. The summed E-state index contributed by atoms with van der Waals surface area (Å²) in [6.45, 7) is 4.37. The van der Waals surface area contributed by atoms with Crippen molar-refractivity contribution < 1.29 is 33.5 Å². The average molecular weight is 499 g/mol. The number of ether oxygens (including phenoxy) is 1. The number of hydrogen-bond acceptors (Lipinski definition) is 8. The fourth-order valence-corrected chi connectivity index (χ4v) is 4.97. The summed E-state index contributed by atoms with van der Waals surface area (Å²) >= 11 is 0. The van der Waals surface area contributed by atoms with Crippen molar-refractivity contribution in [3.63, 3.8) is 0 Å². The van der Waals surface area contributed by atoms with Crippen molar-refractivity contribution in [2.75, 3.05) is 19.8 Å². The van der Waals surface area contributed by atoms with Crippen LogP contribution in [-0.2, 0) is 23.9 Å². The summed E-state index contributed by atoms with van der Waals surface area (Å²) in [5.74, 6) is -3.63. The van der Waals surface area contributed by atoms with Crippen molar-refractivity contribution in [1.29, 1.82) is 0 Å². The Morgan fingerprint density at radius 1 is 1.06 bits per heavy atom. The summed E-state index contributed by atoms with van der Waals surface area (Å²) in [5, 5.41) is 2.65. The molecule has 11 nitrogen and oxygen atoms in total. The third-order valence-electron chi connectivity index (χ3n) is 6.94. The van der Waals surface area contributed by atoms with Crippen LogP contribution < -0.4 is 5.32 Å². The minimum Gasteiger partial charge on any atom is -0.442 e. The van der Waals surface area contributed by atoms with E-state index in [0.29, 0.717) is 6.42 Å². The van der Waals surface area contributed by atoms with Gasteiger partial charge < -0.3 is 10.1 Å². The number of benzene rings is 1. The summed E-state index contributed by atoms with van der Waals surface area (Å²) in [6, 6.07) is 3.77. The van der Waals surface area contributed by atoms with E-state index in [4.69, 9.17) is 4.74 Å². The fraction of sp³-hybridized carbons (Fsp3) is 0.520. The molecule has 3 aliphatic heterocycles. The van der Waals surface area contributed by atoms with Crippen molar-refractivity contribution >= 4 is 35.5 Å². The fourth-order valence-electron chi connectivity index (χ4n) is 4.97. The molecular formula is C25H30N4O7. The molecule has 3 heterocycles. The van der Waals surface area contributed by atoms with E-state index in [-0.39, 0.29) is 35.9 Å². The van der Waals surface area contributed by atoms with E-state index in [2.05, 4.69) is 10.2 Å². The molecule has 4 rings (SSSR count). The van der Waals surface area contributed by atoms with Crippen LogP contribution in [0.25, 0.3) is 0 Å². The number of nitrogens with one attached hydrogen (secondary N) is 1. The van der Waals surface area contributed by atoms with Gasteiger partial charge in [0, 0.05) is 6.42 Å². The van der Waals surface area contributed by atoms with Gasteiger partial charge in [-0.25, -0.2) is 9.69 Å². The van der Waals surface area contributed by atoms with Crippen molar-refractivity contribution in [1.82, 2.24) is 20.0 Å². The quantitative estimate of drug-likeness (QED) is 0.409.